The highest BCUT2D eigenvalue weighted by molar-refractivity contribution is 7.92. The fraction of sp³-hybridized carbons (Fsp3) is 0.200. The number of nitrogens with zero attached hydrogens (tertiary/aromatic N) is 1. The van der Waals surface area contributed by atoms with E-state index >= 15 is 0 Å². The van der Waals surface area contributed by atoms with E-state index in [2.05, 4.69) is 10.0 Å². The topological polar surface area (TPSA) is 95.6 Å². The van der Waals surface area contributed by atoms with Gasteiger partial charge in [0.05, 0.1) is 11.4 Å². The van der Waals surface area contributed by atoms with Gasteiger partial charge in [0, 0.05) is 24.0 Å². The Morgan fingerprint density at radius 2 is 1.42 bits per heavy atom. The van der Waals surface area contributed by atoms with Gasteiger partial charge in [0.1, 0.15) is 0 Å². The number of nitrogens with one attached hydrogen (secondary N) is 2. The molecule has 0 atom stereocenters. The zero-order valence-corrected chi connectivity index (χ0v) is 19.9. The molecule has 0 heterocycles. The lowest BCUT2D eigenvalue weighted by Gasteiger charge is -2.18. The summed E-state index contributed by atoms with van der Waals surface area (Å²) in [6.45, 7) is 5.58. The quantitative estimate of drug-likeness (QED) is 0.549. The average Bonchev–Trinajstić information content (AvgIpc) is 2.77. The normalized spacial score (nSPS) is 11.0. The first-order valence-corrected chi connectivity index (χ1v) is 11.9. The van der Waals surface area contributed by atoms with Crippen LogP contribution in [0.15, 0.2) is 71.6 Å². The Kier molecular flexibility index (Phi) is 7.18. The Morgan fingerprint density at radius 1 is 0.848 bits per heavy atom. The summed E-state index contributed by atoms with van der Waals surface area (Å²) in [5.41, 5.74) is 4.37. The molecule has 2 N–H and O–H groups in total. The van der Waals surface area contributed by atoms with E-state index in [4.69, 9.17) is 0 Å². The third-order valence-corrected chi connectivity index (χ3v) is 6.59. The molecular weight excluding hydrogens is 438 g/mol. The first-order valence-electron chi connectivity index (χ1n) is 10.4. The van der Waals surface area contributed by atoms with Gasteiger partial charge in [-0.1, -0.05) is 35.9 Å². The number of likely N-dealkylation sites (N-methyl/N-ethyl adjacent to an activating group) is 1. The molecule has 0 aliphatic rings. The summed E-state index contributed by atoms with van der Waals surface area (Å²) in [6, 6.07) is 18.3. The Labute approximate surface area is 194 Å². The monoisotopic (exact) mass is 465 g/mol. The van der Waals surface area contributed by atoms with Crippen molar-refractivity contribution < 1.29 is 18.0 Å². The third-order valence-electron chi connectivity index (χ3n) is 5.19. The number of hydrogen-bond donors (Lipinski definition) is 2. The van der Waals surface area contributed by atoms with E-state index < -0.39 is 10.0 Å². The second-order valence-corrected chi connectivity index (χ2v) is 9.65. The lowest BCUT2D eigenvalue weighted by Crippen LogP contribution is -2.35. The maximum atomic E-state index is 12.7. The number of anilines is 2. The van der Waals surface area contributed by atoms with Gasteiger partial charge in [-0.3, -0.25) is 14.3 Å². The van der Waals surface area contributed by atoms with Crippen molar-refractivity contribution in [3.63, 3.8) is 0 Å². The molecule has 0 aliphatic heterocycles. The van der Waals surface area contributed by atoms with Crippen molar-refractivity contribution in [1.29, 1.82) is 0 Å². The van der Waals surface area contributed by atoms with Gasteiger partial charge in [-0.05, 0) is 68.3 Å². The van der Waals surface area contributed by atoms with Crippen LogP contribution in [0.25, 0.3) is 0 Å². The van der Waals surface area contributed by atoms with E-state index in [0.29, 0.717) is 5.69 Å². The zero-order chi connectivity index (χ0) is 24.2. The van der Waals surface area contributed by atoms with Gasteiger partial charge in [0.2, 0.25) is 5.91 Å². The summed E-state index contributed by atoms with van der Waals surface area (Å²) in [5.74, 6) is -0.702. The van der Waals surface area contributed by atoms with E-state index in [-0.39, 0.29) is 28.8 Å². The molecule has 0 unspecified atom stereocenters. The highest BCUT2D eigenvalue weighted by Crippen LogP contribution is 2.20. The lowest BCUT2D eigenvalue weighted by molar-refractivity contribution is -0.116. The van der Waals surface area contributed by atoms with Crippen LogP contribution < -0.4 is 10.0 Å². The minimum atomic E-state index is -3.79. The zero-order valence-electron chi connectivity index (χ0n) is 19.0. The van der Waals surface area contributed by atoms with Gasteiger partial charge >= 0.3 is 0 Å². The number of carbonyl (C=O) groups is 2. The molecule has 172 valence electrons. The average molecular weight is 466 g/mol. The summed E-state index contributed by atoms with van der Waals surface area (Å²) in [6.07, 6.45) is 0. The van der Waals surface area contributed by atoms with E-state index in [9.17, 15) is 18.0 Å². The molecule has 0 spiro atoms. The SMILES string of the molecule is Cc1ccc(NS(=O)(=O)c2ccc(C(=O)N(C)CC(=O)Nc3c(C)cccc3C)cc2)cc1. The van der Waals surface area contributed by atoms with Crippen LogP contribution in [0.1, 0.15) is 27.0 Å². The molecule has 0 bridgehead atoms. The highest BCUT2D eigenvalue weighted by atomic mass is 32.2. The van der Waals surface area contributed by atoms with Gasteiger partial charge in [0.15, 0.2) is 0 Å². The Hall–Kier alpha value is -3.65. The minimum absolute atomic E-state index is 0.0371. The van der Waals surface area contributed by atoms with Crippen molar-refractivity contribution >= 4 is 33.2 Å². The molecular formula is C25H27N3O4S. The molecule has 33 heavy (non-hydrogen) atoms. The van der Waals surface area contributed by atoms with E-state index in [0.717, 1.165) is 22.4 Å². The van der Waals surface area contributed by atoms with Crippen molar-refractivity contribution in [3.8, 4) is 0 Å². The molecule has 0 radical (unpaired) electrons. The Bertz CT molecular complexity index is 1250. The summed E-state index contributed by atoms with van der Waals surface area (Å²) in [5, 5.41) is 2.85. The van der Waals surface area contributed by atoms with Crippen molar-refractivity contribution in [2.45, 2.75) is 25.7 Å². The van der Waals surface area contributed by atoms with Crippen molar-refractivity contribution in [2.24, 2.45) is 0 Å². The van der Waals surface area contributed by atoms with Crippen LogP contribution in [0, 0.1) is 20.8 Å². The van der Waals surface area contributed by atoms with Crippen LogP contribution in [0.4, 0.5) is 11.4 Å². The predicted octanol–water partition coefficient (Wildman–Crippen LogP) is 4.12. The molecule has 0 aliphatic carbocycles. The van der Waals surface area contributed by atoms with E-state index in [1.165, 1.54) is 36.2 Å². The number of carbonyl (C=O) groups excluding carboxylic acids is 2. The molecule has 0 fully saturated rings. The molecule has 3 aromatic rings. The summed E-state index contributed by atoms with van der Waals surface area (Å²) < 4.78 is 27.7. The van der Waals surface area contributed by atoms with Gasteiger partial charge in [0.25, 0.3) is 15.9 Å². The van der Waals surface area contributed by atoms with E-state index in [1.54, 1.807) is 12.1 Å². The summed E-state index contributed by atoms with van der Waals surface area (Å²) in [7, 11) is -2.27. The highest BCUT2D eigenvalue weighted by Gasteiger charge is 2.19. The van der Waals surface area contributed by atoms with Crippen molar-refractivity contribution in [3.05, 3.63) is 89.0 Å². The fourth-order valence-electron chi connectivity index (χ4n) is 3.31. The number of aryl methyl sites for hydroxylation is 3. The van der Waals surface area contributed by atoms with Crippen LogP contribution >= 0.6 is 0 Å². The van der Waals surface area contributed by atoms with Crippen LogP contribution in [0.3, 0.4) is 0 Å². The second-order valence-electron chi connectivity index (χ2n) is 7.97. The summed E-state index contributed by atoms with van der Waals surface area (Å²) in [4.78, 5) is 26.5. The number of amides is 2. The molecule has 0 saturated heterocycles. The smallest absolute Gasteiger partial charge is 0.261 e. The number of rotatable bonds is 7. The van der Waals surface area contributed by atoms with E-state index in [1.807, 2.05) is 51.1 Å². The maximum absolute atomic E-state index is 12.7. The van der Waals surface area contributed by atoms with Crippen molar-refractivity contribution in [2.75, 3.05) is 23.6 Å². The maximum Gasteiger partial charge on any atom is 0.261 e. The predicted molar refractivity (Wildman–Crippen MR) is 130 cm³/mol. The third kappa shape index (κ3) is 5.98. The Balaban J connectivity index is 1.65. The molecule has 0 saturated carbocycles. The molecule has 0 aromatic heterocycles. The van der Waals surface area contributed by atoms with Crippen LogP contribution in [0.5, 0.6) is 0 Å². The standard InChI is InChI=1S/C25H27N3O4S/c1-17-8-12-21(13-9-17)27-33(31,32)22-14-10-20(11-15-22)25(30)28(4)16-23(29)26-24-18(2)6-5-7-19(24)3/h5-15,27H,16H2,1-4H3,(H,26,29). The van der Waals surface area contributed by atoms with Gasteiger partial charge in [-0.15, -0.1) is 0 Å². The van der Waals surface area contributed by atoms with Gasteiger partial charge in [-0.25, -0.2) is 8.42 Å². The molecule has 8 heteroatoms. The first-order chi connectivity index (χ1) is 15.6. The Morgan fingerprint density at radius 3 is 2.00 bits per heavy atom. The van der Waals surface area contributed by atoms with Gasteiger partial charge in [-0.2, -0.15) is 0 Å². The second kappa shape index (κ2) is 9.87. The number of para-hydroxylation sites is 1. The van der Waals surface area contributed by atoms with Crippen molar-refractivity contribution in [1.82, 2.24) is 4.90 Å². The number of benzene rings is 3. The van der Waals surface area contributed by atoms with Crippen LogP contribution in [-0.2, 0) is 14.8 Å². The van der Waals surface area contributed by atoms with Crippen LogP contribution in [-0.4, -0.2) is 38.7 Å². The summed E-state index contributed by atoms with van der Waals surface area (Å²) >= 11 is 0. The van der Waals surface area contributed by atoms with Crippen LogP contribution in [0.2, 0.25) is 0 Å². The number of hydrogen-bond acceptors (Lipinski definition) is 4. The molecule has 7 nitrogen and oxygen atoms in total. The molecule has 3 aromatic carbocycles. The van der Waals surface area contributed by atoms with Gasteiger partial charge < -0.3 is 10.2 Å². The lowest BCUT2D eigenvalue weighted by atomic mass is 10.1. The molecule has 2 amide bonds. The first kappa shape index (κ1) is 24.0. The molecule has 3 rings (SSSR count). The number of sulfonamides is 1. The largest absolute Gasteiger partial charge is 0.332 e. The minimum Gasteiger partial charge on any atom is -0.332 e. The fourth-order valence-corrected chi connectivity index (χ4v) is 4.37.